The van der Waals surface area contributed by atoms with E-state index in [1.807, 2.05) is 0 Å². The van der Waals surface area contributed by atoms with Gasteiger partial charge in [0.05, 0.1) is 12.2 Å². The van der Waals surface area contributed by atoms with E-state index in [0.717, 1.165) is 24.0 Å². The van der Waals surface area contributed by atoms with Gasteiger partial charge in [0.2, 0.25) is 0 Å². The smallest absolute Gasteiger partial charge is 0.271 e. The minimum absolute atomic E-state index is 0.290. The van der Waals surface area contributed by atoms with Crippen LogP contribution < -0.4 is 0 Å². The summed E-state index contributed by atoms with van der Waals surface area (Å²) in [6.45, 7) is 0.845. The van der Waals surface area contributed by atoms with E-state index in [9.17, 15) is 13.6 Å². The summed E-state index contributed by atoms with van der Waals surface area (Å²) in [4.78, 5) is 16.9. The topological polar surface area (TPSA) is 29.5 Å². The Morgan fingerprint density at radius 1 is 1.31 bits per heavy atom. The first-order chi connectivity index (χ1) is 7.70. The summed E-state index contributed by atoms with van der Waals surface area (Å²) >= 11 is 0. The molecule has 0 aromatic heterocycles. The van der Waals surface area contributed by atoms with Crippen LogP contribution in [0.15, 0.2) is 18.2 Å². The number of amides is 1. The average Bonchev–Trinajstić information content (AvgIpc) is 2.33. The molecule has 5 heteroatoms. The molecule has 1 aromatic rings. The van der Waals surface area contributed by atoms with E-state index in [2.05, 4.69) is 0 Å². The summed E-state index contributed by atoms with van der Waals surface area (Å²) < 4.78 is 26.2. The quantitative estimate of drug-likeness (QED) is 0.735. The van der Waals surface area contributed by atoms with E-state index in [0.29, 0.717) is 13.2 Å². The maximum Gasteiger partial charge on any atom is 0.280 e. The van der Waals surface area contributed by atoms with Crippen LogP contribution in [-0.2, 0) is 4.84 Å². The number of halogens is 2. The summed E-state index contributed by atoms with van der Waals surface area (Å²) in [6, 6.07) is 3.53. The van der Waals surface area contributed by atoms with Gasteiger partial charge in [-0.2, -0.15) is 0 Å². The van der Waals surface area contributed by atoms with Crippen molar-refractivity contribution in [3.05, 3.63) is 35.4 Å². The Labute approximate surface area is 91.6 Å². The van der Waals surface area contributed by atoms with E-state index in [1.165, 1.54) is 12.1 Å². The van der Waals surface area contributed by atoms with Crippen LogP contribution in [0.4, 0.5) is 8.78 Å². The molecule has 1 heterocycles. The molecule has 0 unspecified atom stereocenters. The summed E-state index contributed by atoms with van der Waals surface area (Å²) in [5.74, 6) is -2.78. The van der Waals surface area contributed by atoms with Gasteiger partial charge in [-0.15, -0.1) is 0 Å². The lowest BCUT2D eigenvalue weighted by Crippen LogP contribution is -2.36. The molecule has 1 aliphatic rings. The Morgan fingerprint density at radius 3 is 2.81 bits per heavy atom. The fraction of sp³-hybridized carbons (Fsp3) is 0.364. The van der Waals surface area contributed by atoms with Gasteiger partial charge in [0.1, 0.15) is 0 Å². The molecule has 0 N–H and O–H groups in total. The summed E-state index contributed by atoms with van der Waals surface area (Å²) in [5.41, 5.74) is -0.290. The second-order valence-corrected chi connectivity index (χ2v) is 3.55. The number of carbonyl (C=O) groups is 1. The molecule has 0 atom stereocenters. The molecule has 86 valence electrons. The standard InChI is InChI=1S/C11H11F2NO2/c12-9-5-3-4-8(10(9)13)11(15)14-6-1-2-7-16-14/h3-5H,1-2,6-7H2. The number of rotatable bonds is 1. The first-order valence-electron chi connectivity index (χ1n) is 5.09. The molecular weight excluding hydrogens is 216 g/mol. The molecule has 3 nitrogen and oxygen atoms in total. The second-order valence-electron chi connectivity index (χ2n) is 3.55. The summed E-state index contributed by atoms with van der Waals surface area (Å²) in [6.07, 6.45) is 1.68. The zero-order valence-electron chi connectivity index (χ0n) is 8.58. The van der Waals surface area contributed by atoms with E-state index in [4.69, 9.17) is 4.84 Å². The van der Waals surface area contributed by atoms with Crippen molar-refractivity contribution in [2.45, 2.75) is 12.8 Å². The Hall–Kier alpha value is -1.49. The van der Waals surface area contributed by atoms with Crippen LogP contribution in [0.3, 0.4) is 0 Å². The maximum atomic E-state index is 13.3. The van der Waals surface area contributed by atoms with Crippen molar-refractivity contribution in [2.75, 3.05) is 13.2 Å². The van der Waals surface area contributed by atoms with Crippen molar-refractivity contribution >= 4 is 5.91 Å². The highest BCUT2D eigenvalue weighted by molar-refractivity contribution is 5.93. The fourth-order valence-electron chi connectivity index (χ4n) is 1.56. The third kappa shape index (κ3) is 2.04. The molecule has 0 aliphatic carbocycles. The van der Waals surface area contributed by atoms with Gasteiger partial charge in [-0.1, -0.05) is 6.07 Å². The molecule has 0 bridgehead atoms. The highest BCUT2D eigenvalue weighted by atomic mass is 19.2. The molecule has 0 spiro atoms. The van der Waals surface area contributed by atoms with Crippen molar-refractivity contribution in [2.24, 2.45) is 0 Å². The van der Waals surface area contributed by atoms with Gasteiger partial charge < -0.3 is 0 Å². The van der Waals surface area contributed by atoms with Crippen LogP contribution in [0.5, 0.6) is 0 Å². The first-order valence-corrected chi connectivity index (χ1v) is 5.09. The summed E-state index contributed by atoms with van der Waals surface area (Å²) in [5, 5.41) is 1.08. The van der Waals surface area contributed by atoms with Crippen molar-refractivity contribution in [3.63, 3.8) is 0 Å². The average molecular weight is 227 g/mol. The maximum absolute atomic E-state index is 13.3. The van der Waals surface area contributed by atoms with Crippen molar-refractivity contribution in [1.29, 1.82) is 0 Å². The van der Waals surface area contributed by atoms with Gasteiger partial charge in [0.25, 0.3) is 5.91 Å². The lowest BCUT2D eigenvalue weighted by molar-refractivity contribution is -0.144. The zero-order chi connectivity index (χ0) is 11.5. The largest absolute Gasteiger partial charge is 0.280 e. The van der Waals surface area contributed by atoms with Crippen LogP contribution >= 0.6 is 0 Å². The Morgan fingerprint density at radius 2 is 2.12 bits per heavy atom. The molecule has 1 aromatic carbocycles. The zero-order valence-corrected chi connectivity index (χ0v) is 8.58. The number of benzene rings is 1. The Kier molecular flexibility index (Phi) is 3.14. The normalized spacial score (nSPS) is 16.2. The van der Waals surface area contributed by atoms with E-state index in [1.54, 1.807) is 0 Å². The van der Waals surface area contributed by atoms with E-state index in [-0.39, 0.29) is 5.56 Å². The van der Waals surface area contributed by atoms with Gasteiger partial charge in [-0.3, -0.25) is 9.63 Å². The molecule has 1 fully saturated rings. The van der Waals surface area contributed by atoms with Crippen molar-refractivity contribution in [1.82, 2.24) is 5.06 Å². The van der Waals surface area contributed by atoms with Crippen molar-refractivity contribution < 1.29 is 18.4 Å². The molecule has 1 saturated heterocycles. The van der Waals surface area contributed by atoms with E-state index >= 15 is 0 Å². The van der Waals surface area contributed by atoms with Crippen LogP contribution in [0, 0.1) is 11.6 Å². The molecule has 0 radical (unpaired) electrons. The Balaban J connectivity index is 2.22. The molecule has 1 aliphatic heterocycles. The van der Waals surface area contributed by atoms with Crippen LogP contribution in [0.25, 0.3) is 0 Å². The Bertz CT molecular complexity index is 403. The number of hydrogen-bond donors (Lipinski definition) is 0. The predicted octanol–water partition coefficient (Wildman–Crippen LogP) is 2.13. The molecular formula is C11H11F2NO2. The number of nitrogens with zero attached hydrogens (tertiary/aromatic N) is 1. The minimum atomic E-state index is -1.12. The highest BCUT2D eigenvalue weighted by Gasteiger charge is 2.23. The van der Waals surface area contributed by atoms with Crippen molar-refractivity contribution in [3.8, 4) is 0 Å². The third-order valence-corrected chi connectivity index (χ3v) is 2.41. The van der Waals surface area contributed by atoms with Gasteiger partial charge in [0.15, 0.2) is 11.6 Å². The number of carbonyl (C=O) groups excluding carboxylic acids is 1. The second kappa shape index (κ2) is 4.57. The summed E-state index contributed by atoms with van der Waals surface area (Å²) in [7, 11) is 0. The lowest BCUT2D eigenvalue weighted by Gasteiger charge is -2.25. The first kappa shape index (κ1) is 11.0. The lowest BCUT2D eigenvalue weighted by atomic mass is 10.2. The highest BCUT2D eigenvalue weighted by Crippen LogP contribution is 2.16. The third-order valence-electron chi connectivity index (χ3n) is 2.41. The minimum Gasteiger partial charge on any atom is -0.271 e. The van der Waals surface area contributed by atoms with Crippen LogP contribution in [-0.4, -0.2) is 24.1 Å². The predicted molar refractivity (Wildman–Crippen MR) is 52.6 cm³/mol. The number of hydroxylamine groups is 2. The monoisotopic (exact) mass is 227 g/mol. The fourth-order valence-corrected chi connectivity index (χ4v) is 1.56. The van der Waals surface area contributed by atoms with Crippen LogP contribution in [0.2, 0.25) is 0 Å². The van der Waals surface area contributed by atoms with Gasteiger partial charge in [-0.25, -0.2) is 13.8 Å². The van der Waals surface area contributed by atoms with Crippen LogP contribution in [0.1, 0.15) is 23.2 Å². The number of hydrogen-bond acceptors (Lipinski definition) is 2. The van der Waals surface area contributed by atoms with Gasteiger partial charge in [-0.05, 0) is 25.0 Å². The van der Waals surface area contributed by atoms with Gasteiger partial charge >= 0.3 is 0 Å². The SMILES string of the molecule is O=C(c1cccc(F)c1F)N1CCCCO1. The molecule has 0 saturated carbocycles. The molecule has 16 heavy (non-hydrogen) atoms. The van der Waals surface area contributed by atoms with E-state index < -0.39 is 17.5 Å². The molecule has 1 amide bonds. The van der Waals surface area contributed by atoms with Gasteiger partial charge in [0, 0.05) is 6.54 Å². The molecule has 2 rings (SSSR count).